The van der Waals surface area contributed by atoms with Gasteiger partial charge in [0.1, 0.15) is 5.82 Å². The maximum absolute atomic E-state index is 13.2. The summed E-state index contributed by atoms with van der Waals surface area (Å²) >= 11 is 0.860. The predicted octanol–water partition coefficient (Wildman–Crippen LogP) is 2.50. The van der Waals surface area contributed by atoms with Crippen LogP contribution in [-0.2, 0) is 16.6 Å². The molecule has 21 heavy (non-hydrogen) atoms. The van der Waals surface area contributed by atoms with Crippen LogP contribution < -0.4 is 4.74 Å². The molecule has 1 aromatic carbocycles. The number of methoxy groups -OCH3 is 1. The van der Waals surface area contributed by atoms with Crippen molar-refractivity contribution in [3.05, 3.63) is 41.7 Å². The van der Waals surface area contributed by atoms with Crippen molar-refractivity contribution in [1.29, 1.82) is 0 Å². The topological polar surface area (TPSA) is 59.5 Å². The van der Waals surface area contributed by atoms with E-state index in [1.807, 2.05) is 0 Å². The molecule has 0 amide bonds. The highest BCUT2D eigenvalue weighted by Crippen LogP contribution is 2.25. The Labute approximate surface area is 127 Å². The molecule has 0 aliphatic rings. The zero-order valence-electron chi connectivity index (χ0n) is 11.6. The summed E-state index contributed by atoms with van der Waals surface area (Å²) in [5.41, 5.74) is 0.594. The van der Waals surface area contributed by atoms with Crippen LogP contribution in [0.15, 0.2) is 34.5 Å². The van der Waals surface area contributed by atoms with Crippen molar-refractivity contribution in [2.24, 2.45) is 0 Å². The fourth-order valence-corrected chi connectivity index (χ4v) is 4.22. The first kappa shape index (κ1) is 15.9. The molecule has 0 saturated heterocycles. The number of aromatic nitrogens is 1. The molecule has 114 valence electrons. The van der Waals surface area contributed by atoms with Gasteiger partial charge in [-0.25, -0.2) is 12.8 Å². The zero-order valence-corrected chi connectivity index (χ0v) is 13.2. The lowest BCUT2D eigenvalue weighted by Gasteiger charge is -2.19. The molecule has 0 atom stereocenters. The standard InChI is InChI=1S/C13H15FN2O3S2/c1-3-16(9-10-5-4-6-11(14)7-10)21(17,18)13-8-12(19-2)15-20-13/h4-8H,3,9H2,1-2H3. The first-order valence-electron chi connectivity index (χ1n) is 6.22. The second-order valence-electron chi connectivity index (χ2n) is 4.25. The van der Waals surface area contributed by atoms with Gasteiger partial charge in [0.15, 0.2) is 4.21 Å². The highest BCUT2D eigenvalue weighted by atomic mass is 32.2. The average Bonchev–Trinajstić information content (AvgIpc) is 2.94. The number of nitrogens with zero attached hydrogens (tertiary/aromatic N) is 2. The van der Waals surface area contributed by atoms with E-state index < -0.39 is 10.0 Å². The smallest absolute Gasteiger partial charge is 0.254 e. The van der Waals surface area contributed by atoms with E-state index in [2.05, 4.69) is 4.37 Å². The molecular formula is C13H15FN2O3S2. The molecular weight excluding hydrogens is 315 g/mol. The summed E-state index contributed by atoms with van der Waals surface area (Å²) in [6.07, 6.45) is 0. The van der Waals surface area contributed by atoms with Crippen LogP contribution in [0.3, 0.4) is 0 Å². The Morgan fingerprint density at radius 1 is 1.38 bits per heavy atom. The van der Waals surface area contributed by atoms with Crippen molar-refractivity contribution in [1.82, 2.24) is 8.68 Å². The largest absolute Gasteiger partial charge is 0.480 e. The number of hydrogen-bond acceptors (Lipinski definition) is 5. The summed E-state index contributed by atoms with van der Waals surface area (Å²) in [6.45, 7) is 2.12. The van der Waals surface area contributed by atoms with Crippen LogP contribution in [-0.4, -0.2) is 30.8 Å². The Bertz CT molecular complexity index is 716. The third-order valence-corrected chi connectivity index (χ3v) is 5.99. The van der Waals surface area contributed by atoms with E-state index >= 15 is 0 Å². The second kappa shape index (κ2) is 6.50. The van der Waals surface area contributed by atoms with E-state index in [1.54, 1.807) is 19.1 Å². The zero-order chi connectivity index (χ0) is 15.5. The Hall–Kier alpha value is -1.51. The second-order valence-corrected chi connectivity index (χ2v) is 7.22. The van der Waals surface area contributed by atoms with Gasteiger partial charge in [-0.05, 0) is 29.2 Å². The van der Waals surface area contributed by atoms with Crippen molar-refractivity contribution in [3.8, 4) is 5.88 Å². The summed E-state index contributed by atoms with van der Waals surface area (Å²) in [7, 11) is -2.24. The van der Waals surface area contributed by atoms with Gasteiger partial charge in [-0.1, -0.05) is 19.1 Å². The molecule has 0 radical (unpaired) electrons. The molecule has 0 unspecified atom stereocenters. The molecule has 1 aromatic heterocycles. The van der Waals surface area contributed by atoms with Crippen molar-refractivity contribution in [3.63, 3.8) is 0 Å². The molecule has 0 N–H and O–H groups in total. The quantitative estimate of drug-likeness (QED) is 0.816. The summed E-state index contributed by atoms with van der Waals surface area (Å²) < 4.78 is 48.4. The van der Waals surface area contributed by atoms with Crippen LogP contribution in [0.25, 0.3) is 0 Å². The number of benzene rings is 1. The van der Waals surface area contributed by atoms with Gasteiger partial charge in [0.05, 0.1) is 7.11 Å². The fraction of sp³-hybridized carbons (Fsp3) is 0.308. The molecule has 5 nitrogen and oxygen atoms in total. The first-order valence-corrected chi connectivity index (χ1v) is 8.44. The van der Waals surface area contributed by atoms with Gasteiger partial charge < -0.3 is 4.74 Å². The van der Waals surface area contributed by atoms with Gasteiger partial charge in [0.2, 0.25) is 5.88 Å². The molecule has 1 heterocycles. The van der Waals surface area contributed by atoms with Crippen molar-refractivity contribution >= 4 is 21.6 Å². The molecule has 0 aliphatic carbocycles. The summed E-state index contributed by atoms with van der Waals surface area (Å²) in [6, 6.07) is 7.28. The lowest BCUT2D eigenvalue weighted by molar-refractivity contribution is 0.401. The Kier molecular flexibility index (Phi) is 4.92. The molecule has 2 rings (SSSR count). The number of halogens is 1. The minimum atomic E-state index is -3.66. The van der Waals surface area contributed by atoms with Crippen LogP contribution in [0.2, 0.25) is 0 Å². The highest BCUT2D eigenvalue weighted by molar-refractivity contribution is 7.91. The fourth-order valence-electron chi connectivity index (χ4n) is 1.79. The van der Waals surface area contributed by atoms with Crippen molar-refractivity contribution in [2.45, 2.75) is 17.7 Å². The van der Waals surface area contributed by atoms with Gasteiger partial charge in [-0.15, -0.1) is 0 Å². The molecule has 0 fully saturated rings. The molecule has 0 bridgehead atoms. The Morgan fingerprint density at radius 2 is 2.14 bits per heavy atom. The molecule has 0 spiro atoms. The van der Waals surface area contributed by atoms with Crippen LogP contribution >= 0.6 is 11.5 Å². The number of ether oxygens (including phenoxy) is 1. The van der Waals surface area contributed by atoms with Crippen molar-refractivity contribution in [2.75, 3.05) is 13.7 Å². The SMILES string of the molecule is CCN(Cc1cccc(F)c1)S(=O)(=O)c1cc(OC)ns1. The van der Waals surface area contributed by atoms with Crippen LogP contribution in [0.5, 0.6) is 5.88 Å². The van der Waals surface area contributed by atoms with Crippen molar-refractivity contribution < 1.29 is 17.5 Å². The monoisotopic (exact) mass is 330 g/mol. The molecule has 2 aromatic rings. The van der Waals surface area contributed by atoms with Gasteiger partial charge in [-0.2, -0.15) is 8.68 Å². The van der Waals surface area contributed by atoms with E-state index in [9.17, 15) is 12.8 Å². The number of hydrogen-bond donors (Lipinski definition) is 0. The summed E-state index contributed by atoms with van der Waals surface area (Å²) in [5.74, 6) is -0.124. The summed E-state index contributed by atoms with van der Waals surface area (Å²) in [4.78, 5) is 0. The lowest BCUT2D eigenvalue weighted by atomic mass is 10.2. The van der Waals surface area contributed by atoms with Gasteiger partial charge >= 0.3 is 0 Å². The van der Waals surface area contributed by atoms with E-state index in [-0.39, 0.29) is 29.0 Å². The predicted molar refractivity (Wildman–Crippen MR) is 78.3 cm³/mol. The van der Waals surface area contributed by atoms with E-state index in [0.29, 0.717) is 5.56 Å². The lowest BCUT2D eigenvalue weighted by Crippen LogP contribution is -2.29. The average molecular weight is 330 g/mol. The maximum Gasteiger partial charge on any atom is 0.254 e. The number of rotatable bonds is 6. The third-order valence-electron chi connectivity index (χ3n) is 2.87. The third kappa shape index (κ3) is 3.58. The molecule has 0 aliphatic heterocycles. The van der Waals surface area contributed by atoms with E-state index in [0.717, 1.165) is 11.5 Å². The normalized spacial score (nSPS) is 11.8. The van der Waals surface area contributed by atoms with E-state index in [1.165, 1.54) is 29.6 Å². The Morgan fingerprint density at radius 3 is 2.71 bits per heavy atom. The molecule has 8 heteroatoms. The van der Waals surface area contributed by atoms with Gasteiger partial charge in [-0.3, -0.25) is 0 Å². The first-order chi connectivity index (χ1) is 9.97. The minimum absolute atomic E-state index is 0.108. The van der Waals surface area contributed by atoms with E-state index in [4.69, 9.17) is 4.74 Å². The Balaban J connectivity index is 2.27. The van der Waals surface area contributed by atoms with Crippen LogP contribution in [0, 0.1) is 5.82 Å². The minimum Gasteiger partial charge on any atom is -0.480 e. The van der Waals surface area contributed by atoms with Crippen LogP contribution in [0.1, 0.15) is 12.5 Å². The molecule has 0 saturated carbocycles. The highest BCUT2D eigenvalue weighted by Gasteiger charge is 2.26. The van der Waals surface area contributed by atoms with Crippen LogP contribution in [0.4, 0.5) is 4.39 Å². The van der Waals surface area contributed by atoms with Gasteiger partial charge in [0.25, 0.3) is 10.0 Å². The maximum atomic E-state index is 13.2. The van der Waals surface area contributed by atoms with Gasteiger partial charge in [0, 0.05) is 19.2 Å². The summed E-state index contributed by atoms with van der Waals surface area (Å²) in [5, 5.41) is 0. The number of sulfonamides is 1.